The third-order valence-corrected chi connectivity index (χ3v) is 8.78. The van der Waals surface area contributed by atoms with E-state index >= 15 is 0 Å². The van der Waals surface area contributed by atoms with Crippen LogP contribution in [0.5, 0.6) is 0 Å². The van der Waals surface area contributed by atoms with Crippen LogP contribution in [0.1, 0.15) is 54.5 Å². The lowest BCUT2D eigenvalue weighted by Crippen LogP contribution is -2.38. The maximum absolute atomic E-state index is 9.89. The van der Waals surface area contributed by atoms with Crippen molar-refractivity contribution >= 4 is 23.4 Å². The molecule has 186 valence electrons. The highest BCUT2D eigenvalue weighted by Gasteiger charge is 2.69. The van der Waals surface area contributed by atoms with E-state index in [1.54, 1.807) is 0 Å². The van der Waals surface area contributed by atoms with Gasteiger partial charge >= 0.3 is 0 Å². The quantitative estimate of drug-likeness (QED) is 0.229. The van der Waals surface area contributed by atoms with Crippen LogP contribution < -0.4 is 4.90 Å². The van der Waals surface area contributed by atoms with Crippen LogP contribution in [-0.2, 0) is 5.41 Å². The van der Waals surface area contributed by atoms with Gasteiger partial charge in [-0.3, -0.25) is 15.3 Å². The number of anilines is 1. The Labute approximate surface area is 224 Å². The summed E-state index contributed by atoms with van der Waals surface area (Å²) in [6, 6.07) is 23.1. The predicted molar refractivity (Wildman–Crippen MR) is 157 cm³/mol. The molecule has 0 radical (unpaired) electrons. The zero-order valence-electron chi connectivity index (χ0n) is 22.0. The topological polar surface area (TPSA) is 63.2 Å². The number of aliphatic imine (C=N–C) groups is 1. The monoisotopic (exact) mass is 494 g/mol. The van der Waals surface area contributed by atoms with Gasteiger partial charge in [0.2, 0.25) is 0 Å². The van der Waals surface area contributed by atoms with E-state index < -0.39 is 5.54 Å². The Bertz CT molecular complexity index is 1650. The van der Waals surface area contributed by atoms with Gasteiger partial charge in [0.1, 0.15) is 5.84 Å². The van der Waals surface area contributed by atoms with Crippen LogP contribution >= 0.6 is 0 Å². The fraction of sp³-hybridized carbons (Fsp3) is 0.206. The highest BCUT2D eigenvalue weighted by atomic mass is 15.2. The molecule has 2 unspecified atom stereocenters. The minimum absolute atomic E-state index is 0.295. The van der Waals surface area contributed by atoms with E-state index in [0.717, 1.165) is 57.5 Å². The molecule has 4 heteroatoms. The normalized spacial score (nSPS) is 22.9. The standard InChI is InChI=1S/C34H30N4/c1-22-18-30-29(19-26(22)20-35)32(37-34(4)23(2)33(30,34)3)38(21-36)31-27(24-12-7-5-8-13-24)16-11-17-28(31)25-14-9-6-10-15-25/h5-9,11-14,16-19,21,36H,2,10,15H2,1,3-4H3. The molecule has 1 heterocycles. The van der Waals surface area contributed by atoms with Crippen molar-refractivity contribution in [1.29, 1.82) is 10.7 Å². The predicted octanol–water partition coefficient (Wildman–Crippen LogP) is 7.73. The van der Waals surface area contributed by atoms with Crippen molar-refractivity contribution in [3.8, 4) is 17.2 Å². The molecule has 0 aromatic heterocycles. The van der Waals surface area contributed by atoms with Crippen molar-refractivity contribution in [3.05, 3.63) is 119 Å². The first-order valence-electron chi connectivity index (χ1n) is 13.0. The zero-order valence-corrected chi connectivity index (χ0v) is 22.0. The number of allylic oxidation sites excluding steroid dienone is 4. The number of para-hydroxylation sites is 1. The second-order valence-electron chi connectivity index (χ2n) is 10.7. The number of hydrogen-bond acceptors (Lipinski definition) is 3. The molecule has 0 bridgehead atoms. The second kappa shape index (κ2) is 8.53. The number of nitrogens with zero attached hydrogens (tertiary/aromatic N) is 3. The third kappa shape index (κ3) is 3.22. The van der Waals surface area contributed by atoms with Crippen LogP contribution in [-0.4, -0.2) is 17.7 Å². The summed E-state index contributed by atoms with van der Waals surface area (Å²) in [5.41, 5.74) is 9.24. The van der Waals surface area contributed by atoms with Gasteiger partial charge in [-0.15, -0.1) is 0 Å². The molecule has 3 aromatic carbocycles. The maximum atomic E-state index is 9.89. The number of aryl methyl sites for hydroxylation is 1. The number of nitrogens with one attached hydrogen (secondary N) is 1. The van der Waals surface area contributed by atoms with Crippen LogP contribution in [0.2, 0.25) is 0 Å². The molecule has 38 heavy (non-hydrogen) atoms. The molecule has 1 saturated carbocycles. The van der Waals surface area contributed by atoms with E-state index in [-0.39, 0.29) is 5.41 Å². The average Bonchev–Trinajstić information content (AvgIpc) is 3.41. The number of amidine groups is 1. The molecule has 2 atom stereocenters. The van der Waals surface area contributed by atoms with Gasteiger partial charge in [0, 0.05) is 22.1 Å². The number of nitriles is 1. The average molecular weight is 495 g/mol. The van der Waals surface area contributed by atoms with Gasteiger partial charge in [-0.05, 0) is 67.5 Å². The van der Waals surface area contributed by atoms with E-state index in [1.165, 1.54) is 11.9 Å². The highest BCUT2D eigenvalue weighted by Crippen LogP contribution is 2.67. The summed E-state index contributed by atoms with van der Waals surface area (Å²) in [5.74, 6) is 0.682. The molecule has 0 spiro atoms. The van der Waals surface area contributed by atoms with Gasteiger partial charge in [-0.2, -0.15) is 5.26 Å². The van der Waals surface area contributed by atoms with Gasteiger partial charge in [0.05, 0.1) is 29.2 Å². The summed E-state index contributed by atoms with van der Waals surface area (Å²) >= 11 is 0. The highest BCUT2D eigenvalue weighted by molar-refractivity contribution is 6.23. The van der Waals surface area contributed by atoms with Crippen molar-refractivity contribution < 1.29 is 0 Å². The van der Waals surface area contributed by atoms with Gasteiger partial charge in [-0.1, -0.05) is 79.4 Å². The molecule has 1 N–H and O–H groups in total. The van der Waals surface area contributed by atoms with Crippen LogP contribution in [0, 0.1) is 23.7 Å². The van der Waals surface area contributed by atoms with Crippen molar-refractivity contribution in [2.45, 2.75) is 44.6 Å². The Hall–Kier alpha value is -4.49. The second-order valence-corrected chi connectivity index (χ2v) is 10.7. The lowest BCUT2D eigenvalue weighted by atomic mass is 9.83. The fourth-order valence-electron chi connectivity index (χ4n) is 6.22. The maximum Gasteiger partial charge on any atom is 0.142 e. The van der Waals surface area contributed by atoms with Gasteiger partial charge in [0.25, 0.3) is 0 Å². The van der Waals surface area contributed by atoms with Crippen molar-refractivity contribution in [3.63, 3.8) is 0 Å². The Morgan fingerprint density at radius 1 is 1.05 bits per heavy atom. The Balaban J connectivity index is 1.65. The summed E-state index contributed by atoms with van der Waals surface area (Å²) in [6.45, 7) is 10.7. The molecule has 6 rings (SSSR count). The first-order valence-corrected chi connectivity index (χ1v) is 13.0. The van der Waals surface area contributed by atoms with Crippen LogP contribution in [0.15, 0.2) is 96.0 Å². The van der Waals surface area contributed by atoms with Crippen molar-refractivity contribution in [1.82, 2.24) is 0 Å². The van der Waals surface area contributed by atoms with E-state index in [4.69, 9.17) is 10.4 Å². The minimum Gasteiger partial charge on any atom is -0.291 e. The number of rotatable bonds is 4. The van der Waals surface area contributed by atoms with E-state index in [2.05, 4.69) is 81.1 Å². The third-order valence-electron chi connectivity index (χ3n) is 8.78. The minimum atomic E-state index is -0.466. The van der Waals surface area contributed by atoms with Gasteiger partial charge in [-0.25, -0.2) is 0 Å². The summed E-state index contributed by atoms with van der Waals surface area (Å²) in [7, 11) is 0. The van der Waals surface area contributed by atoms with E-state index in [1.807, 2.05) is 36.1 Å². The molecule has 1 fully saturated rings. The first-order chi connectivity index (χ1) is 18.3. The molecular weight excluding hydrogens is 464 g/mol. The lowest BCUT2D eigenvalue weighted by molar-refractivity contribution is 0.601. The van der Waals surface area contributed by atoms with Crippen molar-refractivity contribution in [2.24, 2.45) is 4.99 Å². The SMILES string of the molecule is C=C1C2(C)N=C(N(C=N)c3c(C4=CC=CCC4)cccc3-c3ccccc3)c3cc(C#N)c(C)cc3C12C. The van der Waals surface area contributed by atoms with Crippen molar-refractivity contribution in [2.75, 3.05) is 4.90 Å². The van der Waals surface area contributed by atoms with E-state index in [9.17, 15) is 5.26 Å². The molecule has 3 aromatic rings. The molecule has 3 aliphatic rings. The fourth-order valence-corrected chi connectivity index (χ4v) is 6.22. The summed E-state index contributed by atoms with van der Waals surface area (Å²) in [6.07, 6.45) is 9.76. The van der Waals surface area contributed by atoms with Crippen LogP contribution in [0.4, 0.5) is 5.69 Å². The van der Waals surface area contributed by atoms with Gasteiger partial charge in [0.15, 0.2) is 0 Å². The first kappa shape index (κ1) is 23.9. The van der Waals surface area contributed by atoms with E-state index in [0.29, 0.717) is 11.4 Å². The van der Waals surface area contributed by atoms with Crippen LogP contribution in [0.25, 0.3) is 16.7 Å². The molecule has 0 amide bonds. The number of fused-ring (bicyclic) bond motifs is 3. The Kier molecular flexibility index (Phi) is 5.36. The molecular formula is C34H30N4. The Morgan fingerprint density at radius 3 is 2.50 bits per heavy atom. The lowest BCUT2D eigenvalue weighted by Gasteiger charge is -2.33. The summed E-state index contributed by atoms with van der Waals surface area (Å²) in [4.78, 5) is 7.22. The number of hydrogen-bond donors (Lipinski definition) is 1. The number of benzene rings is 3. The summed E-state index contributed by atoms with van der Waals surface area (Å²) < 4.78 is 0. The smallest absolute Gasteiger partial charge is 0.142 e. The molecule has 4 nitrogen and oxygen atoms in total. The van der Waals surface area contributed by atoms with Gasteiger partial charge < -0.3 is 0 Å². The zero-order chi connectivity index (χ0) is 26.7. The Morgan fingerprint density at radius 2 is 1.82 bits per heavy atom. The largest absolute Gasteiger partial charge is 0.291 e. The molecule has 1 aliphatic heterocycles. The summed E-state index contributed by atoms with van der Waals surface area (Å²) in [5, 5.41) is 18.6. The molecule has 0 saturated heterocycles. The van der Waals surface area contributed by atoms with Crippen LogP contribution in [0.3, 0.4) is 0 Å². The molecule has 2 aliphatic carbocycles.